The summed E-state index contributed by atoms with van der Waals surface area (Å²) in [4.78, 5) is 0. The molecular formula is C25H31HfSi+. The van der Waals surface area contributed by atoms with Crippen LogP contribution in [0.1, 0.15) is 51.7 Å². The van der Waals surface area contributed by atoms with Crippen LogP contribution in [0.2, 0.25) is 16.8 Å². The Morgan fingerprint density at radius 2 is 1.48 bits per heavy atom. The summed E-state index contributed by atoms with van der Waals surface area (Å²) >= 11 is -2.05. The molecule has 0 radical (unpaired) electrons. The number of benzene rings is 2. The fraction of sp³-hybridized carbons (Fsp3) is 0.360. The predicted molar refractivity (Wildman–Crippen MR) is 120 cm³/mol. The van der Waals surface area contributed by atoms with Crippen molar-refractivity contribution in [3.05, 3.63) is 75.9 Å². The van der Waals surface area contributed by atoms with Crippen LogP contribution in [-0.4, -0.2) is 5.98 Å². The molecular weight excluding hydrogens is 507 g/mol. The summed E-state index contributed by atoms with van der Waals surface area (Å²) < 4.78 is 2.66. The standard InChI is InChI=1S/C14H11.C9H13.C2H7Si.Hf/c1-10-6-8-14-12(10)9-7-11-4-2-3-5-13(11)14;1-6-5-7(2)9(4)8(6)3;1-3-2;/h2-7,9-10H,1H3;5H,1-4H3;3H,1-2H3;/q;;;+1. The van der Waals surface area contributed by atoms with Gasteiger partial charge in [-0.05, 0) is 0 Å². The molecule has 2 aliphatic rings. The molecule has 0 heterocycles. The zero-order valence-electron chi connectivity index (χ0n) is 17.8. The van der Waals surface area contributed by atoms with E-state index in [1.54, 1.807) is 33.4 Å². The molecule has 2 aliphatic carbocycles. The molecule has 0 bridgehead atoms. The number of hydrogen-bond donors (Lipinski definition) is 0. The summed E-state index contributed by atoms with van der Waals surface area (Å²) in [5.74, 6) is -0.140. The van der Waals surface area contributed by atoms with Gasteiger partial charge >= 0.3 is 174 Å². The molecule has 0 nitrogen and oxygen atoms in total. The Morgan fingerprint density at radius 1 is 0.852 bits per heavy atom. The third-order valence-corrected chi connectivity index (χ3v) is 36.0. The van der Waals surface area contributed by atoms with Crippen molar-refractivity contribution < 1.29 is 20.6 Å². The van der Waals surface area contributed by atoms with Crippen molar-refractivity contribution in [2.24, 2.45) is 0 Å². The monoisotopic (exact) mass is 539 g/mol. The first-order valence-corrected chi connectivity index (χ1v) is 23.3. The van der Waals surface area contributed by atoms with Gasteiger partial charge in [0.25, 0.3) is 0 Å². The van der Waals surface area contributed by atoms with Gasteiger partial charge in [-0.1, -0.05) is 0 Å². The van der Waals surface area contributed by atoms with E-state index in [1.807, 2.05) is 3.33 Å². The molecule has 0 saturated carbocycles. The molecule has 1 atom stereocenters. The molecule has 2 aromatic rings. The zero-order valence-corrected chi connectivity index (χ0v) is 22.5. The molecule has 0 spiro atoms. The van der Waals surface area contributed by atoms with Crippen LogP contribution >= 0.6 is 0 Å². The van der Waals surface area contributed by atoms with Crippen molar-refractivity contribution in [3.63, 3.8) is 0 Å². The van der Waals surface area contributed by atoms with Gasteiger partial charge in [0.1, 0.15) is 0 Å². The van der Waals surface area contributed by atoms with Gasteiger partial charge in [-0.2, -0.15) is 0 Å². The van der Waals surface area contributed by atoms with Crippen LogP contribution in [-0.2, 0) is 20.6 Å². The number of allylic oxidation sites excluding steroid dienone is 5. The second-order valence-electron chi connectivity index (χ2n) is 8.78. The SMILES string of the molecule is CC1=C(C)[CH]([Hf+]([C]2=CC(C)c3ccc4ccccc4c32)[SiH](C)C)C(C)=C1C. The van der Waals surface area contributed by atoms with Gasteiger partial charge in [-0.3, -0.25) is 0 Å². The van der Waals surface area contributed by atoms with Gasteiger partial charge in [0.15, 0.2) is 0 Å². The molecule has 0 saturated heterocycles. The van der Waals surface area contributed by atoms with Crippen molar-refractivity contribution >= 4 is 20.1 Å². The molecule has 0 fully saturated rings. The van der Waals surface area contributed by atoms with E-state index in [0.717, 1.165) is 3.67 Å². The second kappa shape index (κ2) is 7.12. The summed E-state index contributed by atoms with van der Waals surface area (Å²) in [6.45, 7) is 17.3. The summed E-state index contributed by atoms with van der Waals surface area (Å²) in [5.41, 5.74) is 9.80. The van der Waals surface area contributed by atoms with E-state index in [0.29, 0.717) is 5.92 Å². The Labute approximate surface area is 173 Å². The third kappa shape index (κ3) is 2.95. The second-order valence-corrected chi connectivity index (χ2v) is 35.9. The number of hydrogen-bond acceptors (Lipinski definition) is 0. The first-order valence-electron chi connectivity index (χ1n) is 10.3. The van der Waals surface area contributed by atoms with Gasteiger partial charge in [0.2, 0.25) is 0 Å². The summed E-state index contributed by atoms with van der Waals surface area (Å²) in [5, 5.41) is 2.91. The van der Waals surface area contributed by atoms with E-state index < -0.39 is 26.6 Å². The molecule has 2 heteroatoms. The predicted octanol–water partition coefficient (Wildman–Crippen LogP) is 7.37. The van der Waals surface area contributed by atoms with E-state index in [9.17, 15) is 0 Å². The van der Waals surface area contributed by atoms with Crippen molar-refractivity contribution in [2.45, 2.75) is 57.3 Å². The molecule has 1 unspecified atom stereocenters. The minimum absolute atomic E-state index is 0.574. The van der Waals surface area contributed by atoms with Gasteiger partial charge in [-0.25, -0.2) is 0 Å². The van der Waals surface area contributed by atoms with Crippen LogP contribution in [0.4, 0.5) is 0 Å². The molecule has 0 N–H and O–H groups in total. The summed E-state index contributed by atoms with van der Waals surface area (Å²) in [7, 11) is 0. The molecule has 27 heavy (non-hydrogen) atoms. The molecule has 138 valence electrons. The van der Waals surface area contributed by atoms with E-state index in [-0.39, 0.29) is 0 Å². The van der Waals surface area contributed by atoms with E-state index in [1.165, 1.54) is 10.8 Å². The molecule has 4 rings (SSSR count). The Bertz CT molecular complexity index is 998. The van der Waals surface area contributed by atoms with Crippen LogP contribution < -0.4 is 0 Å². The van der Waals surface area contributed by atoms with Gasteiger partial charge in [-0.15, -0.1) is 0 Å². The van der Waals surface area contributed by atoms with Gasteiger partial charge < -0.3 is 0 Å². The van der Waals surface area contributed by atoms with Crippen molar-refractivity contribution in [2.75, 3.05) is 0 Å². The van der Waals surface area contributed by atoms with Crippen LogP contribution in [0, 0.1) is 0 Å². The maximum atomic E-state index is 2.69. The van der Waals surface area contributed by atoms with Gasteiger partial charge in [0, 0.05) is 0 Å². The fourth-order valence-electron chi connectivity index (χ4n) is 5.25. The van der Waals surface area contributed by atoms with E-state index in [2.05, 4.69) is 90.2 Å². The van der Waals surface area contributed by atoms with Crippen molar-refractivity contribution in [1.82, 2.24) is 0 Å². The van der Waals surface area contributed by atoms with Crippen LogP contribution in [0.15, 0.2) is 64.8 Å². The Morgan fingerprint density at radius 3 is 2.11 bits per heavy atom. The average molecular weight is 538 g/mol. The van der Waals surface area contributed by atoms with E-state index in [4.69, 9.17) is 0 Å². The molecule has 2 aromatic carbocycles. The number of fused-ring (bicyclic) bond motifs is 3. The van der Waals surface area contributed by atoms with Crippen molar-refractivity contribution in [1.29, 1.82) is 0 Å². The van der Waals surface area contributed by atoms with E-state index >= 15 is 0 Å². The molecule has 0 amide bonds. The quantitative estimate of drug-likeness (QED) is 0.358. The van der Waals surface area contributed by atoms with Crippen molar-refractivity contribution in [3.8, 4) is 0 Å². The minimum atomic E-state index is -2.05. The summed E-state index contributed by atoms with van der Waals surface area (Å²) in [6.07, 6.45) is 2.69. The van der Waals surface area contributed by atoms with Crippen LogP contribution in [0.3, 0.4) is 0 Å². The molecule has 0 aliphatic heterocycles. The zero-order chi connectivity index (χ0) is 19.5. The van der Waals surface area contributed by atoms with Crippen LogP contribution in [0.5, 0.6) is 0 Å². The average Bonchev–Trinajstić information content (AvgIpc) is 3.08. The third-order valence-electron chi connectivity index (χ3n) is 6.99. The Hall–Kier alpha value is -0.993. The van der Waals surface area contributed by atoms with Gasteiger partial charge in [0.05, 0.1) is 0 Å². The maximum absolute atomic E-state index is 2.69. The first kappa shape index (κ1) is 19.3. The summed E-state index contributed by atoms with van der Waals surface area (Å²) in [6, 6.07) is 13.8. The number of rotatable bonds is 3. The Balaban J connectivity index is 1.94. The molecule has 0 aromatic heterocycles. The topological polar surface area (TPSA) is 0 Å². The normalized spacial score (nSPS) is 20.1. The van der Waals surface area contributed by atoms with Crippen LogP contribution in [0.25, 0.3) is 14.1 Å². The fourth-order valence-corrected chi connectivity index (χ4v) is 36.1. The first-order chi connectivity index (χ1) is 12.8. The Kier molecular flexibility index (Phi) is 5.09.